The van der Waals surface area contributed by atoms with Crippen LogP contribution in [-0.2, 0) is 6.42 Å². The van der Waals surface area contributed by atoms with E-state index in [4.69, 9.17) is 53.4 Å². The van der Waals surface area contributed by atoms with Crippen LogP contribution in [0.15, 0.2) is 160 Å². The molecule has 1 aliphatic carbocycles. The predicted octanol–water partition coefficient (Wildman–Crippen LogP) is 6.20. The predicted molar refractivity (Wildman–Crippen MR) is 198 cm³/mol. The van der Waals surface area contributed by atoms with E-state index in [9.17, 15) is 0 Å². The number of hydrogen-bond acceptors (Lipinski definition) is 5. The Morgan fingerprint density at radius 2 is 1.06 bits per heavy atom. The second kappa shape index (κ2) is 16.5. The van der Waals surface area contributed by atoms with Gasteiger partial charge in [0.05, 0.1) is 7.92 Å². The molecule has 0 amide bonds. The van der Waals surface area contributed by atoms with Crippen molar-refractivity contribution in [2.75, 3.05) is 0 Å². The first-order valence-corrected chi connectivity index (χ1v) is 20.1. The van der Waals surface area contributed by atoms with Gasteiger partial charge in [-0.15, -0.1) is 10.2 Å². The maximum absolute atomic E-state index is 8.49. The van der Waals surface area contributed by atoms with Crippen molar-refractivity contribution in [3.63, 3.8) is 0 Å². The van der Waals surface area contributed by atoms with Gasteiger partial charge in [0.15, 0.2) is 0 Å². The lowest BCUT2D eigenvalue weighted by molar-refractivity contribution is -2.00. The number of halogens is 4. The average molecular weight is 779 g/mol. The van der Waals surface area contributed by atoms with Crippen molar-refractivity contribution in [3.8, 4) is 0 Å². The van der Waals surface area contributed by atoms with Crippen LogP contribution in [0.2, 0.25) is 10.0 Å². The molecule has 0 saturated heterocycles. The molecular weight excluding hydrogens is 749 g/mol. The molecule has 1 aliphatic rings. The van der Waals surface area contributed by atoms with Crippen LogP contribution in [-0.4, -0.2) is 0 Å². The Morgan fingerprint density at radius 1 is 0.560 bits per heavy atom. The Hall–Kier alpha value is -3.16. The minimum absolute atomic E-state index is 0.0185. The summed E-state index contributed by atoms with van der Waals surface area (Å²) < 4.78 is 34.0. The highest BCUT2D eigenvalue weighted by Gasteiger charge is 2.30. The highest BCUT2D eigenvalue weighted by molar-refractivity contribution is 7.99. The number of fused-ring (bicyclic) bond motifs is 1. The van der Waals surface area contributed by atoms with Gasteiger partial charge in [0.1, 0.15) is 15.9 Å². The quantitative estimate of drug-likeness (QED) is 0.172. The van der Waals surface area contributed by atoms with Crippen molar-refractivity contribution < 1.29 is 28.9 Å². The molecule has 0 heterocycles. The number of allylic oxidation sites excluding steroid dienone is 1. The minimum atomic E-state index is -4.94. The summed E-state index contributed by atoms with van der Waals surface area (Å²) in [6, 6.07) is 51.4. The zero-order valence-electron chi connectivity index (χ0n) is 26.3. The number of benzene rings is 6. The van der Waals surface area contributed by atoms with E-state index in [1.807, 2.05) is 24.3 Å². The Kier molecular flexibility index (Phi) is 12.1. The van der Waals surface area contributed by atoms with Crippen molar-refractivity contribution in [3.05, 3.63) is 188 Å². The van der Waals surface area contributed by atoms with Gasteiger partial charge in [-0.05, 0) is 119 Å². The van der Waals surface area contributed by atoms with E-state index in [0.29, 0.717) is 0 Å². The standard InChI is InChI=1S/C40H28Cl3PS.ClHO4/c41-29-13-17-31(18-14-29)44(32-19-15-30(42)16-20-32)33-21-23-34(24-22-33)45-39-12-5-4-10-36(39)40-35-11-6-9-28(37(35)26-38(40)43)25-27-7-2-1-3-8-27;2-1(3,4)5/h1-24,26,40H,25H2;(H,2,3,4,5). The van der Waals surface area contributed by atoms with Gasteiger partial charge in [0, 0.05) is 30.8 Å². The molecule has 0 saturated carbocycles. The summed E-state index contributed by atoms with van der Waals surface area (Å²) in [5.74, 6) is 0.0185. The minimum Gasteiger partial charge on any atom is -0.222 e. The first kappa shape index (κ1) is 36.6. The number of hydrogen-bond donors (Lipinski definition) is 0. The van der Waals surface area contributed by atoms with E-state index in [2.05, 4.69) is 127 Å². The monoisotopic (exact) mass is 776 g/mol. The normalized spacial score (nSPS) is 13.8. The van der Waals surface area contributed by atoms with Crippen LogP contribution in [0.3, 0.4) is 0 Å². The lowest BCUT2D eigenvalue weighted by Gasteiger charge is -2.19. The van der Waals surface area contributed by atoms with Crippen molar-refractivity contribution in [1.29, 1.82) is 0 Å². The van der Waals surface area contributed by atoms with Crippen LogP contribution in [0.1, 0.15) is 33.7 Å². The van der Waals surface area contributed by atoms with Crippen LogP contribution in [0.25, 0.3) is 6.08 Å². The van der Waals surface area contributed by atoms with Gasteiger partial charge in [-0.3, -0.25) is 0 Å². The second-order valence-corrected chi connectivity index (χ2v) is 17.1. The summed E-state index contributed by atoms with van der Waals surface area (Å²) in [7, 11) is -6.18. The molecule has 252 valence electrons. The van der Waals surface area contributed by atoms with E-state index >= 15 is 0 Å². The number of rotatable bonds is 8. The van der Waals surface area contributed by atoms with Gasteiger partial charge in [0.25, 0.3) is 0 Å². The van der Waals surface area contributed by atoms with E-state index in [1.54, 1.807) is 11.8 Å². The van der Waals surface area contributed by atoms with Gasteiger partial charge in [0.2, 0.25) is 0 Å². The molecule has 0 fully saturated rings. The maximum Gasteiger partial charge on any atom is 0.102 e. The molecular formula is C40H29Cl4O4PS. The summed E-state index contributed by atoms with van der Waals surface area (Å²) in [5, 5.41) is 6.23. The molecule has 0 bridgehead atoms. The molecule has 10 heteroatoms. The topological polar surface area (TPSA) is 92.2 Å². The van der Waals surface area contributed by atoms with Crippen LogP contribution in [0.5, 0.6) is 0 Å². The van der Waals surface area contributed by atoms with Gasteiger partial charge >= 0.3 is 0 Å². The van der Waals surface area contributed by atoms with Gasteiger partial charge in [-0.25, -0.2) is 18.6 Å². The van der Waals surface area contributed by atoms with E-state index in [-0.39, 0.29) is 5.92 Å². The Bertz CT molecular complexity index is 2040. The maximum atomic E-state index is 8.49. The molecule has 1 unspecified atom stereocenters. The molecule has 0 aliphatic heterocycles. The van der Waals surface area contributed by atoms with Crippen LogP contribution >= 0.6 is 54.5 Å². The van der Waals surface area contributed by atoms with E-state index < -0.39 is 18.2 Å². The second-order valence-electron chi connectivity index (χ2n) is 11.5. The van der Waals surface area contributed by atoms with Gasteiger partial charge < -0.3 is 0 Å². The van der Waals surface area contributed by atoms with Gasteiger partial charge in [-0.2, -0.15) is 0 Å². The Labute approximate surface area is 314 Å². The van der Waals surface area contributed by atoms with Crippen LogP contribution in [0.4, 0.5) is 0 Å². The fraction of sp³-hybridized carbons (Fsp3) is 0.0500. The highest BCUT2D eigenvalue weighted by Crippen LogP contribution is 2.48. The third-order valence-corrected chi connectivity index (χ3v) is 12.9. The van der Waals surface area contributed by atoms with Crippen molar-refractivity contribution in [2.24, 2.45) is 0 Å². The molecule has 4 nitrogen and oxygen atoms in total. The molecule has 7 rings (SSSR count). The first-order chi connectivity index (χ1) is 24.0. The molecule has 50 heavy (non-hydrogen) atoms. The molecule has 1 atom stereocenters. The first-order valence-electron chi connectivity index (χ1n) is 15.4. The van der Waals surface area contributed by atoms with E-state index in [0.717, 1.165) is 21.5 Å². The van der Waals surface area contributed by atoms with Crippen LogP contribution < -0.4 is 34.5 Å². The summed E-state index contributed by atoms with van der Waals surface area (Å²) in [6.45, 7) is 0. The van der Waals surface area contributed by atoms with Crippen molar-refractivity contribution in [2.45, 2.75) is 22.1 Å². The van der Waals surface area contributed by atoms with Gasteiger partial charge in [-0.1, -0.05) is 113 Å². The third-order valence-electron chi connectivity index (χ3n) is 8.20. The van der Waals surface area contributed by atoms with E-state index in [1.165, 1.54) is 53.5 Å². The SMILES string of the molecule is ClC1=Cc2c(Cc3ccccc3)cccc2C1c1ccccc1Sc1ccc([PH+](c2ccc(Cl)cc2)c2ccc(Cl)cc2)cc1.[O-][Cl+3]([O-])([O-])[O-]. The smallest absolute Gasteiger partial charge is 0.102 e. The summed E-state index contributed by atoms with van der Waals surface area (Å²) >= 11 is 21.3. The zero-order chi connectivity index (χ0) is 35.3. The fourth-order valence-electron chi connectivity index (χ4n) is 6.08. The summed E-state index contributed by atoms with van der Waals surface area (Å²) in [5.41, 5.74) is 6.36. The van der Waals surface area contributed by atoms with Crippen molar-refractivity contribution in [1.82, 2.24) is 0 Å². The molecule has 6 aromatic carbocycles. The fourth-order valence-corrected chi connectivity index (χ4v) is 10.2. The Balaban J connectivity index is 0.000000808. The zero-order valence-corrected chi connectivity index (χ0v) is 31.1. The van der Waals surface area contributed by atoms with Crippen LogP contribution in [0, 0.1) is 10.2 Å². The molecule has 6 aromatic rings. The molecule has 0 radical (unpaired) electrons. The average Bonchev–Trinajstić information content (AvgIpc) is 3.44. The summed E-state index contributed by atoms with van der Waals surface area (Å²) in [4.78, 5) is 2.40. The lowest BCUT2D eigenvalue weighted by atomic mass is 9.90. The molecule has 0 N–H and O–H groups in total. The lowest BCUT2D eigenvalue weighted by Crippen LogP contribution is -2.68. The summed E-state index contributed by atoms with van der Waals surface area (Å²) in [6.07, 6.45) is 3.06. The third kappa shape index (κ3) is 9.38. The molecule has 0 aromatic heterocycles. The Morgan fingerprint density at radius 3 is 1.64 bits per heavy atom. The van der Waals surface area contributed by atoms with Crippen molar-refractivity contribution >= 4 is 76.5 Å². The highest BCUT2D eigenvalue weighted by atomic mass is 35.7. The molecule has 0 spiro atoms. The largest absolute Gasteiger partial charge is 0.222 e.